The van der Waals surface area contributed by atoms with Crippen molar-refractivity contribution in [2.45, 2.75) is 36.3 Å². The Morgan fingerprint density at radius 3 is 2.62 bits per heavy atom. The Kier molecular flexibility index (Phi) is 4.16. The molecule has 1 unspecified atom stereocenters. The lowest BCUT2D eigenvalue weighted by atomic mass is 9.99. The van der Waals surface area contributed by atoms with E-state index in [0.717, 1.165) is 6.07 Å². The molecule has 0 aromatic carbocycles. The number of rotatable bonds is 4. The van der Waals surface area contributed by atoms with Gasteiger partial charge in [0, 0.05) is 18.1 Å². The molecule has 150 valence electrons. The summed E-state index contributed by atoms with van der Waals surface area (Å²) in [4.78, 5) is 15.0. The average Bonchev–Trinajstić information content (AvgIpc) is 3.38. The van der Waals surface area contributed by atoms with Crippen LogP contribution in [-0.4, -0.2) is 29.9 Å². The Hall–Kier alpha value is -3.00. The smallest absolute Gasteiger partial charge is 0.335 e. The quantitative estimate of drug-likeness (QED) is 0.661. The molecule has 0 saturated heterocycles. The summed E-state index contributed by atoms with van der Waals surface area (Å²) in [6, 6.07) is 4.66. The molecule has 3 heterocycles. The van der Waals surface area contributed by atoms with Crippen LogP contribution in [0, 0.1) is 16.1 Å². The third-order valence-corrected chi connectivity index (χ3v) is 6.85. The lowest BCUT2D eigenvalue weighted by Crippen LogP contribution is -2.10. The SMILES string of the molecule is CCS(=N)(=O)c1cc(C2(C#N)CC2)cnc1-c1nc2ncc(C(F)(F)F)cc2[nH]1. The summed E-state index contributed by atoms with van der Waals surface area (Å²) in [7, 11) is -3.24. The van der Waals surface area contributed by atoms with Crippen LogP contribution in [0.2, 0.25) is 0 Å². The maximum atomic E-state index is 12.9. The van der Waals surface area contributed by atoms with Gasteiger partial charge in [-0.25, -0.2) is 19.0 Å². The fraction of sp³-hybridized carbons (Fsp3) is 0.333. The van der Waals surface area contributed by atoms with Crippen LogP contribution in [0.1, 0.15) is 30.9 Å². The molecular weight excluding hydrogens is 405 g/mol. The second-order valence-corrected chi connectivity index (χ2v) is 9.27. The van der Waals surface area contributed by atoms with Gasteiger partial charge in [-0.05, 0) is 30.5 Å². The number of hydrogen-bond donors (Lipinski definition) is 2. The number of hydrogen-bond acceptors (Lipinski definition) is 6. The topological polar surface area (TPSA) is 119 Å². The molecule has 2 N–H and O–H groups in total. The molecule has 0 aliphatic heterocycles. The highest BCUT2D eigenvalue weighted by Crippen LogP contribution is 2.48. The van der Waals surface area contributed by atoms with Gasteiger partial charge in [0.1, 0.15) is 5.69 Å². The normalized spacial score (nSPS) is 17.6. The Bertz CT molecular complexity index is 1270. The molecule has 11 heteroatoms. The molecule has 4 rings (SSSR count). The molecule has 0 radical (unpaired) electrons. The van der Waals surface area contributed by atoms with Gasteiger partial charge in [-0.15, -0.1) is 0 Å². The summed E-state index contributed by atoms with van der Waals surface area (Å²) in [6.45, 7) is 1.60. The fourth-order valence-electron chi connectivity index (χ4n) is 3.05. The maximum Gasteiger partial charge on any atom is 0.417 e. The fourth-order valence-corrected chi connectivity index (χ4v) is 4.14. The molecule has 3 aromatic rings. The molecule has 1 atom stereocenters. The van der Waals surface area contributed by atoms with Crippen molar-refractivity contribution < 1.29 is 17.4 Å². The van der Waals surface area contributed by atoms with E-state index in [4.69, 9.17) is 4.78 Å². The van der Waals surface area contributed by atoms with Crippen LogP contribution in [0.15, 0.2) is 29.4 Å². The number of H-pyrrole nitrogens is 1. The van der Waals surface area contributed by atoms with Crippen molar-refractivity contribution in [3.05, 3.63) is 35.7 Å². The predicted molar refractivity (Wildman–Crippen MR) is 98.3 cm³/mol. The van der Waals surface area contributed by atoms with E-state index in [1.807, 2.05) is 0 Å². The van der Waals surface area contributed by atoms with E-state index in [1.165, 1.54) is 6.20 Å². The highest BCUT2D eigenvalue weighted by atomic mass is 32.2. The van der Waals surface area contributed by atoms with Crippen LogP contribution < -0.4 is 0 Å². The summed E-state index contributed by atoms with van der Waals surface area (Å²) in [6.07, 6.45) is -1.07. The minimum Gasteiger partial charge on any atom is -0.335 e. The molecule has 29 heavy (non-hydrogen) atoms. The van der Waals surface area contributed by atoms with E-state index in [9.17, 15) is 22.6 Å². The number of halogens is 3. The first-order valence-corrected chi connectivity index (χ1v) is 10.4. The zero-order chi connectivity index (χ0) is 21.0. The number of aromatic nitrogens is 4. The van der Waals surface area contributed by atoms with Crippen molar-refractivity contribution in [1.82, 2.24) is 19.9 Å². The zero-order valence-electron chi connectivity index (χ0n) is 15.2. The molecule has 1 fully saturated rings. The summed E-state index contributed by atoms with van der Waals surface area (Å²) in [5.74, 6) is 0.0880. The molecule has 0 bridgehead atoms. The van der Waals surface area contributed by atoms with Gasteiger partial charge in [-0.1, -0.05) is 6.92 Å². The second-order valence-electron chi connectivity index (χ2n) is 6.91. The van der Waals surface area contributed by atoms with Crippen LogP contribution in [0.25, 0.3) is 22.7 Å². The number of nitrogens with zero attached hydrogens (tertiary/aromatic N) is 4. The highest BCUT2D eigenvalue weighted by Gasteiger charge is 2.45. The number of nitrogens with one attached hydrogen (secondary N) is 2. The number of nitriles is 1. The first kappa shape index (κ1) is 19.3. The second kappa shape index (κ2) is 6.25. The van der Waals surface area contributed by atoms with Crippen LogP contribution in [-0.2, 0) is 21.3 Å². The lowest BCUT2D eigenvalue weighted by molar-refractivity contribution is -0.137. The predicted octanol–water partition coefficient (Wildman–Crippen LogP) is 4.02. The van der Waals surface area contributed by atoms with Gasteiger partial charge in [0.15, 0.2) is 11.5 Å². The van der Waals surface area contributed by atoms with Crippen molar-refractivity contribution >= 4 is 20.9 Å². The maximum absolute atomic E-state index is 12.9. The van der Waals surface area contributed by atoms with E-state index in [0.29, 0.717) is 24.6 Å². The van der Waals surface area contributed by atoms with Crippen LogP contribution >= 0.6 is 0 Å². The minimum atomic E-state index is -4.55. The lowest BCUT2D eigenvalue weighted by Gasteiger charge is -2.13. The van der Waals surface area contributed by atoms with E-state index < -0.39 is 26.9 Å². The number of pyridine rings is 2. The average molecular weight is 420 g/mol. The molecular formula is C18H15F3N6OS. The van der Waals surface area contributed by atoms with E-state index in [1.54, 1.807) is 13.0 Å². The Balaban J connectivity index is 1.89. The van der Waals surface area contributed by atoms with Crippen molar-refractivity contribution in [3.8, 4) is 17.6 Å². The Labute approximate surface area is 164 Å². The first-order chi connectivity index (χ1) is 13.6. The van der Waals surface area contributed by atoms with Gasteiger partial charge in [0.2, 0.25) is 0 Å². The third-order valence-electron chi connectivity index (χ3n) is 5.02. The van der Waals surface area contributed by atoms with Gasteiger partial charge in [-0.2, -0.15) is 18.4 Å². The van der Waals surface area contributed by atoms with Crippen molar-refractivity contribution in [2.75, 3.05) is 5.75 Å². The van der Waals surface area contributed by atoms with Gasteiger partial charge in [-0.3, -0.25) is 4.98 Å². The number of aromatic amines is 1. The summed E-state index contributed by atoms with van der Waals surface area (Å²) >= 11 is 0. The first-order valence-electron chi connectivity index (χ1n) is 8.71. The van der Waals surface area contributed by atoms with E-state index >= 15 is 0 Å². The van der Waals surface area contributed by atoms with Crippen LogP contribution in [0.4, 0.5) is 13.2 Å². The Morgan fingerprint density at radius 2 is 2.03 bits per heavy atom. The zero-order valence-corrected chi connectivity index (χ0v) is 16.0. The Morgan fingerprint density at radius 1 is 1.31 bits per heavy atom. The molecule has 1 saturated carbocycles. The molecule has 1 aliphatic carbocycles. The summed E-state index contributed by atoms with van der Waals surface area (Å²) in [5, 5.41) is 9.42. The molecule has 0 amide bonds. The van der Waals surface area contributed by atoms with Gasteiger partial charge in [0.25, 0.3) is 0 Å². The summed E-state index contributed by atoms with van der Waals surface area (Å²) in [5.41, 5.74) is -0.813. The standard InChI is InChI=1S/C18H15F3N6OS/c1-2-29(23,28)13-6-10(17(9-22)3-4-17)7-24-14(13)16-26-12-5-11(18(19,20)21)8-25-15(12)27-16/h5-8,23H,2-4H2,1H3,(H,25,26,27). The third kappa shape index (κ3) is 3.23. The van der Waals surface area contributed by atoms with Crippen LogP contribution in [0.3, 0.4) is 0 Å². The highest BCUT2D eigenvalue weighted by molar-refractivity contribution is 7.92. The molecule has 0 spiro atoms. The van der Waals surface area contributed by atoms with Gasteiger partial charge >= 0.3 is 6.18 Å². The van der Waals surface area contributed by atoms with Crippen LogP contribution in [0.5, 0.6) is 0 Å². The largest absolute Gasteiger partial charge is 0.417 e. The number of fused-ring (bicyclic) bond motifs is 1. The monoisotopic (exact) mass is 420 g/mol. The van der Waals surface area contributed by atoms with Crippen molar-refractivity contribution in [3.63, 3.8) is 0 Å². The van der Waals surface area contributed by atoms with Crippen molar-refractivity contribution in [1.29, 1.82) is 10.0 Å². The van der Waals surface area contributed by atoms with E-state index in [2.05, 4.69) is 26.0 Å². The van der Waals surface area contributed by atoms with Gasteiger partial charge < -0.3 is 4.98 Å². The van der Waals surface area contributed by atoms with Gasteiger partial charge in [0.05, 0.1) is 37.2 Å². The molecule has 7 nitrogen and oxygen atoms in total. The molecule has 1 aliphatic rings. The minimum absolute atomic E-state index is 0.0153. The number of alkyl halides is 3. The number of imidazole rings is 1. The summed E-state index contributed by atoms with van der Waals surface area (Å²) < 4.78 is 59.9. The van der Waals surface area contributed by atoms with Crippen molar-refractivity contribution in [2.24, 2.45) is 0 Å². The van der Waals surface area contributed by atoms with E-state index in [-0.39, 0.29) is 33.3 Å². The molecule has 3 aromatic heterocycles.